The molecule has 0 spiro atoms. The lowest BCUT2D eigenvalue weighted by Gasteiger charge is -2.15. The minimum absolute atomic E-state index is 0. The van der Waals surface area contributed by atoms with Crippen LogP contribution >= 0.6 is 24.0 Å². The Kier molecular flexibility index (Phi) is 13.4. The van der Waals surface area contributed by atoms with Crippen LogP contribution < -0.4 is 16.0 Å². The minimum Gasteiger partial charge on any atom is -0.383 e. The van der Waals surface area contributed by atoms with Gasteiger partial charge in [0, 0.05) is 45.8 Å². The zero-order chi connectivity index (χ0) is 16.2. The second kappa shape index (κ2) is 13.8. The molecule has 0 saturated heterocycles. The molecule has 0 unspecified atom stereocenters. The fourth-order valence-electron chi connectivity index (χ4n) is 1.89. The maximum absolute atomic E-state index is 11.5. The summed E-state index contributed by atoms with van der Waals surface area (Å²) in [6.45, 7) is 7.43. The smallest absolute Gasteiger partial charge is 0.223 e. The van der Waals surface area contributed by atoms with E-state index in [2.05, 4.69) is 32.9 Å². The van der Waals surface area contributed by atoms with Crippen molar-refractivity contribution in [2.75, 3.05) is 60.0 Å². The number of methoxy groups -OCH3 is 1. The van der Waals surface area contributed by atoms with Crippen molar-refractivity contribution in [3.63, 3.8) is 0 Å². The molecule has 7 nitrogen and oxygen atoms in total. The maximum atomic E-state index is 11.5. The number of carbonyl (C=O) groups is 1. The number of rotatable bonds is 11. The van der Waals surface area contributed by atoms with E-state index in [0.717, 1.165) is 51.6 Å². The Morgan fingerprint density at radius 2 is 1.91 bits per heavy atom. The molecule has 0 radical (unpaired) electrons. The zero-order valence-electron chi connectivity index (χ0n) is 14.6. The third-order valence-corrected chi connectivity index (χ3v) is 3.44. The van der Waals surface area contributed by atoms with Gasteiger partial charge >= 0.3 is 0 Å². The van der Waals surface area contributed by atoms with Crippen molar-refractivity contribution in [3.05, 3.63) is 0 Å². The van der Waals surface area contributed by atoms with Gasteiger partial charge in [0.2, 0.25) is 5.91 Å². The van der Waals surface area contributed by atoms with Crippen molar-refractivity contribution in [3.8, 4) is 0 Å². The van der Waals surface area contributed by atoms with Gasteiger partial charge in [-0.3, -0.25) is 9.79 Å². The van der Waals surface area contributed by atoms with Crippen molar-refractivity contribution >= 4 is 35.8 Å². The van der Waals surface area contributed by atoms with E-state index in [9.17, 15) is 4.79 Å². The first-order valence-corrected chi connectivity index (χ1v) is 8.14. The molecule has 0 aromatic heterocycles. The Labute approximate surface area is 157 Å². The molecule has 1 aliphatic carbocycles. The lowest BCUT2D eigenvalue weighted by Crippen LogP contribution is -2.42. The van der Waals surface area contributed by atoms with Crippen LogP contribution in [0.15, 0.2) is 4.99 Å². The number of hydrogen-bond donors (Lipinski definition) is 3. The number of hydrogen-bond acceptors (Lipinski definition) is 4. The molecule has 0 aliphatic heterocycles. The normalized spacial score (nSPS) is 14.3. The number of carbonyl (C=O) groups excluding carboxylic acids is 1. The van der Waals surface area contributed by atoms with Crippen LogP contribution in [0.1, 0.15) is 19.8 Å². The summed E-state index contributed by atoms with van der Waals surface area (Å²) < 4.78 is 5.05. The molecular formula is C15H32IN5O2. The quantitative estimate of drug-likeness (QED) is 0.186. The average molecular weight is 441 g/mol. The first kappa shape index (κ1) is 22.4. The van der Waals surface area contributed by atoms with E-state index in [4.69, 9.17) is 4.74 Å². The Hall–Kier alpha value is -0.610. The van der Waals surface area contributed by atoms with E-state index >= 15 is 0 Å². The molecule has 1 aliphatic rings. The van der Waals surface area contributed by atoms with Crippen LogP contribution in [0.25, 0.3) is 0 Å². The topological polar surface area (TPSA) is 78.0 Å². The largest absolute Gasteiger partial charge is 0.383 e. The van der Waals surface area contributed by atoms with Crippen molar-refractivity contribution < 1.29 is 9.53 Å². The second-order valence-corrected chi connectivity index (χ2v) is 5.55. The molecule has 1 rings (SSSR count). The van der Waals surface area contributed by atoms with Gasteiger partial charge in [0.1, 0.15) is 0 Å². The molecule has 23 heavy (non-hydrogen) atoms. The molecule has 1 saturated carbocycles. The van der Waals surface area contributed by atoms with Gasteiger partial charge in [-0.15, -0.1) is 24.0 Å². The van der Waals surface area contributed by atoms with Gasteiger partial charge in [0.15, 0.2) is 5.96 Å². The Morgan fingerprint density at radius 1 is 1.22 bits per heavy atom. The molecular weight excluding hydrogens is 409 g/mol. The standard InChI is InChI=1S/C15H31N5O2.HI/c1-4-16-15(19-9-10-20(2)11-12-22-3)18-8-7-17-14(21)13-5-6-13;/h13H,4-12H2,1-3H3,(H,17,21)(H2,16,18,19);1H. The van der Waals surface area contributed by atoms with E-state index in [1.54, 1.807) is 7.11 Å². The highest BCUT2D eigenvalue weighted by atomic mass is 127. The molecule has 0 aromatic carbocycles. The number of nitrogens with one attached hydrogen (secondary N) is 3. The summed E-state index contributed by atoms with van der Waals surface area (Å²) in [5.74, 6) is 1.25. The number of ether oxygens (including phenoxy) is 1. The highest BCUT2D eigenvalue weighted by Gasteiger charge is 2.28. The summed E-state index contributed by atoms with van der Waals surface area (Å²) in [7, 11) is 3.77. The number of guanidine groups is 1. The van der Waals surface area contributed by atoms with Crippen LogP contribution in [-0.4, -0.2) is 76.8 Å². The van der Waals surface area contributed by atoms with Gasteiger partial charge in [-0.25, -0.2) is 0 Å². The lowest BCUT2D eigenvalue weighted by molar-refractivity contribution is -0.122. The van der Waals surface area contributed by atoms with Crippen molar-refractivity contribution in [2.45, 2.75) is 19.8 Å². The summed E-state index contributed by atoms with van der Waals surface area (Å²) in [5.41, 5.74) is 0. The van der Waals surface area contributed by atoms with E-state index < -0.39 is 0 Å². The first-order chi connectivity index (χ1) is 10.7. The zero-order valence-corrected chi connectivity index (χ0v) is 16.9. The van der Waals surface area contributed by atoms with Gasteiger partial charge in [-0.05, 0) is 26.8 Å². The Morgan fingerprint density at radius 3 is 2.52 bits per heavy atom. The summed E-state index contributed by atoms with van der Waals surface area (Å²) >= 11 is 0. The van der Waals surface area contributed by atoms with Gasteiger partial charge in [0.25, 0.3) is 0 Å². The molecule has 3 N–H and O–H groups in total. The van der Waals surface area contributed by atoms with Crippen LogP contribution in [0.2, 0.25) is 0 Å². The molecule has 0 atom stereocenters. The monoisotopic (exact) mass is 441 g/mol. The summed E-state index contributed by atoms with van der Waals surface area (Å²) in [6, 6.07) is 0. The number of aliphatic imine (C=N–C) groups is 1. The van der Waals surface area contributed by atoms with Crippen LogP contribution in [-0.2, 0) is 9.53 Å². The predicted molar refractivity (Wildman–Crippen MR) is 105 cm³/mol. The molecule has 1 amide bonds. The Bertz CT molecular complexity index is 351. The molecule has 0 aromatic rings. The summed E-state index contributed by atoms with van der Waals surface area (Å²) in [5, 5.41) is 9.37. The predicted octanol–water partition coefficient (Wildman–Crippen LogP) is 0.264. The molecule has 136 valence electrons. The number of amides is 1. The fourth-order valence-corrected chi connectivity index (χ4v) is 1.89. The SMILES string of the molecule is CCNC(=NCCN(C)CCOC)NCCNC(=O)C1CC1.I. The highest BCUT2D eigenvalue weighted by Crippen LogP contribution is 2.28. The number of likely N-dealkylation sites (N-methyl/N-ethyl adjacent to an activating group) is 1. The minimum atomic E-state index is 0. The van der Waals surface area contributed by atoms with Gasteiger partial charge in [0.05, 0.1) is 13.2 Å². The molecule has 0 bridgehead atoms. The van der Waals surface area contributed by atoms with Crippen LogP contribution in [0.3, 0.4) is 0 Å². The van der Waals surface area contributed by atoms with Crippen LogP contribution in [0.5, 0.6) is 0 Å². The first-order valence-electron chi connectivity index (χ1n) is 8.14. The third-order valence-electron chi connectivity index (χ3n) is 3.44. The third kappa shape index (κ3) is 11.5. The van der Waals surface area contributed by atoms with E-state index in [1.807, 2.05) is 6.92 Å². The van der Waals surface area contributed by atoms with Crippen molar-refractivity contribution in [1.82, 2.24) is 20.9 Å². The molecule has 8 heteroatoms. The van der Waals surface area contributed by atoms with E-state index in [1.165, 1.54) is 0 Å². The van der Waals surface area contributed by atoms with Crippen molar-refractivity contribution in [2.24, 2.45) is 10.9 Å². The maximum Gasteiger partial charge on any atom is 0.223 e. The van der Waals surface area contributed by atoms with E-state index in [-0.39, 0.29) is 35.8 Å². The van der Waals surface area contributed by atoms with Crippen LogP contribution in [0, 0.1) is 5.92 Å². The Balaban J connectivity index is 0.00000484. The summed E-state index contributed by atoms with van der Waals surface area (Å²) in [6.07, 6.45) is 2.08. The number of halogens is 1. The van der Waals surface area contributed by atoms with Gasteiger partial charge in [-0.2, -0.15) is 0 Å². The summed E-state index contributed by atoms with van der Waals surface area (Å²) in [4.78, 5) is 18.2. The highest BCUT2D eigenvalue weighted by molar-refractivity contribution is 14.0. The fraction of sp³-hybridized carbons (Fsp3) is 0.867. The van der Waals surface area contributed by atoms with Gasteiger partial charge < -0.3 is 25.6 Å². The number of nitrogens with zero attached hydrogens (tertiary/aromatic N) is 2. The van der Waals surface area contributed by atoms with Gasteiger partial charge in [-0.1, -0.05) is 0 Å². The van der Waals surface area contributed by atoms with Crippen molar-refractivity contribution in [1.29, 1.82) is 0 Å². The van der Waals surface area contributed by atoms with E-state index in [0.29, 0.717) is 13.1 Å². The lowest BCUT2D eigenvalue weighted by atomic mass is 10.4. The second-order valence-electron chi connectivity index (χ2n) is 5.55. The molecule has 1 fully saturated rings. The van der Waals surface area contributed by atoms with Crippen LogP contribution in [0.4, 0.5) is 0 Å². The average Bonchev–Trinajstić information content (AvgIpc) is 3.34. The molecule has 0 heterocycles.